The molecule has 7 heteroatoms. The largest absolute Gasteiger partial charge is 0.443 e. The lowest BCUT2D eigenvalue weighted by Crippen LogP contribution is -2.62. The van der Waals surface area contributed by atoms with Crippen LogP contribution in [0.4, 0.5) is 4.79 Å². The maximum absolute atomic E-state index is 13.7. The van der Waals surface area contributed by atoms with E-state index in [1.165, 1.54) is 16.7 Å². The van der Waals surface area contributed by atoms with Gasteiger partial charge >= 0.3 is 6.09 Å². The number of likely N-dealkylation sites (tertiary alicyclic amines) is 1. The van der Waals surface area contributed by atoms with Crippen LogP contribution < -0.4 is 10.9 Å². The van der Waals surface area contributed by atoms with E-state index in [-0.39, 0.29) is 17.4 Å². The van der Waals surface area contributed by atoms with Crippen LogP contribution in [-0.4, -0.2) is 40.6 Å². The molecule has 4 rings (SSSR count). The fourth-order valence-corrected chi connectivity index (χ4v) is 5.53. The van der Waals surface area contributed by atoms with Crippen molar-refractivity contribution in [3.8, 4) is 0 Å². The highest BCUT2D eigenvalue weighted by Crippen LogP contribution is 2.48. The van der Waals surface area contributed by atoms with Gasteiger partial charge in [-0.2, -0.15) is 0 Å². The van der Waals surface area contributed by atoms with Crippen LogP contribution in [0, 0.1) is 18.3 Å². The Labute approximate surface area is 208 Å². The first kappa shape index (κ1) is 25.2. The number of carbonyl (C=O) groups excluding carboxylic acids is 2. The maximum atomic E-state index is 13.7. The van der Waals surface area contributed by atoms with Gasteiger partial charge in [0.25, 0.3) is 0 Å². The fourth-order valence-electron chi connectivity index (χ4n) is 5.53. The number of hydrazine groups is 1. The highest BCUT2D eigenvalue weighted by molar-refractivity contribution is 5.85. The van der Waals surface area contributed by atoms with Crippen molar-refractivity contribution in [2.45, 2.75) is 71.9 Å². The van der Waals surface area contributed by atoms with Gasteiger partial charge in [-0.25, -0.2) is 10.2 Å². The molecule has 2 unspecified atom stereocenters. The molecule has 2 amide bonds. The molecule has 2 N–H and O–H groups in total. The van der Waals surface area contributed by atoms with Gasteiger partial charge in [0.05, 0.1) is 5.41 Å². The molecule has 0 bridgehead atoms. The summed E-state index contributed by atoms with van der Waals surface area (Å²) in [6.07, 6.45) is 3.51. The first-order valence-electron chi connectivity index (χ1n) is 12.5. The predicted octanol–water partition coefficient (Wildman–Crippen LogP) is 4.29. The van der Waals surface area contributed by atoms with Gasteiger partial charge in [0.2, 0.25) is 5.91 Å². The zero-order valence-corrected chi connectivity index (χ0v) is 21.8. The average molecular weight is 479 g/mol. The molecule has 1 aromatic carbocycles. The van der Waals surface area contributed by atoms with E-state index in [2.05, 4.69) is 64.9 Å². The number of fused-ring (bicyclic) bond motifs is 2. The van der Waals surface area contributed by atoms with Crippen LogP contribution in [0.25, 0.3) is 0 Å². The molecule has 2 aromatic rings. The molecule has 2 aliphatic rings. The quantitative estimate of drug-likeness (QED) is 0.643. The number of hydrogen-bond acceptors (Lipinski definition) is 5. The smallest absolute Gasteiger partial charge is 0.426 e. The number of carbonyl (C=O) groups is 2. The van der Waals surface area contributed by atoms with Crippen molar-refractivity contribution in [1.82, 2.24) is 20.7 Å². The van der Waals surface area contributed by atoms with Gasteiger partial charge in [0, 0.05) is 30.5 Å². The van der Waals surface area contributed by atoms with E-state index < -0.39 is 17.1 Å². The van der Waals surface area contributed by atoms with E-state index in [4.69, 9.17) is 4.74 Å². The van der Waals surface area contributed by atoms with Crippen LogP contribution in [-0.2, 0) is 27.9 Å². The molecule has 0 spiro atoms. The van der Waals surface area contributed by atoms with E-state index in [0.29, 0.717) is 12.8 Å². The van der Waals surface area contributed by atoms with E-state index in [9.17, 15) is 9.59 Å². The summed E-state index contributed by atoms with van der Waals surface area (Å²) in [5, 5.41) is 0. The minimum Gasteiger partial charge on any atom is -0.443 e. The Morgan fingerprint density at radius 2 is 1.77 bits per heavy atom. The lowest BCUT2D eigenvalue weighted by atomic mass is 9.60. The van der Waals surface area contributed by atoms with Crippen LogP contribution in [0.5, 0.6) is 0 Å². The Bertz CT molecular complexity index is 1090. The molecule has 2 atom stereocenters. The number of nitrogens with zero attached hydrogens (tertiary/aromatic N) is 2. The van der Waals surface area contributed by atoms with Gasteiger partial charge in [-0.3, -0.25) is 20.1 Å². The van der Waals surface area contributed by atoms with Crippen LogP contribution in [0.2, 0.25) is 0 Å². The molecule has 1 aliphatic heterocycles. The lowest BCUT2D eigenvalue weighted by Gasteiger charge is -2.53. The Hall–Kier alpha value is -2.93. The van der Waals surface area contributed by atoms with Crippen molar-refractivity contribution in [2.24, 2.45) is 11.3 Å². The van der Waals surface area contributed by atoms with Gasteiger partial charge in [-0.05, 0) is 89.5 Å². The standard InChI is InChI=1S/C28H38N4O3/c1-19-11-12-22(17-29-19)27(5,6)32-14-13-28(24(33)30-31-25(34)35-26(2,3)4)16-21-10-8-7-9-20(21)15-23(28)18-32/h7-12,17,23H,13-16,18H2,1-6H3,(H,30,33)(H,31,34). The Morgan fingerprint density at radius 3 is 2.43 bits per heavy atom. The van der Waals surface area contributed by atoms with Gasteiger partial charge in [-0.1, -0.05) is 30.3 Å². The van der Waals surface area contributed by atoms with Gasteiger partial charge < -0.3 is 4.74 Å². The third kappa shape index (κ3) is 5.20. The minimum absolute atomic E-state index is 0.115. The number of nitrogens with one attached hydrogen (secondary N) is 2. The fraction of sp³-hybridized carbons (Fsp3) is 0.536. The first-order valence-corrected chi connectivity index (χ1v) is 12.5. The molecule has 35 heavy (non-hydrogen) atoms. The van der Waals surface area contributed by atoms with Gasteiger partial charge in [0.15, 0.2) is 0 Å². The molecule has 0 saturated carbocycles. The topological polar surface area (TPSA) is 83.6 Å². The number of benzene rings is 1. The van der Waals surface area contributed by atoms with Crippen molar-refractivity contribution in [3.05, 3.63) is 65.0 Å². The number of hydrogen-bond donors (Lipinski definition) is 2. The summed E-state index contributed by atoms with van der Waals surface area (Å²) in [5.74, 6) is -0.0263. The summed E-state index contributed by atoms with van der Waals surface area (Å²) in [6, 6.07) is 12.6. The summed E-state index contributed by atoms with van der Waals surface area (Å²) >= 11 is 0. The average Bonchev–Trinajstić information content (AvgIpc) is 2.79. The molecule has 1 aromatic heterocycles. The van der Waals surface area contributed by atoms with E-state index in [0.717, 1.165) is 25.2 Å². The Kier molecular flexibility index (Phi) is 6.66. The number of piperidine rings is 1. The van der Waals surface area contributed by atoms with Crippen molar-refractivity contribution in [3.63, 3.8) is 0 Å². The molecular formula is C28H38N4O3. The molecule has 7 nitrogen and oxygen atoms in total. The van der Waals surface area contributed by atoms with E-state index >= 15 is 0 Å². The summed E-state index contributed by atoms with van der Waals surface area (Å²) in [6.45, 7) is 13.4. The van der Waals surface area contributed by atoms with E-state index in [1.54, 1.807) is 20.8 Å². The SMILES string of the molecule is Cc1ccc(C(C)(C)N2CCC3(C(=O)NNC(=O)OC(C)(C)C)Cc4ccccc4CC3C2)cn1. The van der Waals surface area contributed by atoms with Crippen LogP contribution in [0.15, 0.2) is 42.6 Å². The number of aromatic nitrogens is 1. The van der Waals surface area contributed by atoms with Crippen molar-refractivity contribution < 1.29 is 14.3 Å². The predicted molar refractivity (Wildman–Crippen MR) is 135 cm³/mol. The Balaban J connectivity index is 1.57. The number of pyridine rings is 1. The number of aryl methyl sites for hydroxylation is 1. The summed E-state index contributed by atoms with van der Waals surface area (Å²) in [4.78, 5) is 32.9. The first-order chi connectivity index (χ1) is 16.4. The summed E-state index contributed by atoms with van der Waals surface area (Å²) < 4.78 is 5.31. The highest BCUT2D eigenvalue weighted by atomic mass is 16.6. The second kappa shape index (κ2) is 9.26. The number of rotatable bonds is 3. The van der Waals surface area contributed by atoms with Crippen LogP contribution >= 0.6 is 0 Å². The minimum atomic E-state index is -0.652. The summed E-state index contributed by atoms with van der Waals surface area (Å²) in [7, 11) is 0. The van der Waals surface area contributed by atoms with Crippen molar-refractivity contribution in [1.29, 1.82) is 0 Å². The van der Waals surface area contributed by atoms with E-state index in [1.807, 2.05) is 19.2 Å². The van der Waals surface area contributed by atoms with Crippen LogP contribution in [0.3, 0.4) is 0 Å². The van der Waals surface area contributed by atoms with Crippen molar-refractivity contribution in [2.75, 3.05) is 13.1 Å². The molecule has 1 fully saturated rings. The lowest BCUT2D eigenvalue weighted by molar-refractivity contribution is -0.142. The molecule has 1 saturated heterocycles. The molecular weight excluding hydrogens is 440 g/mol. The molecule has 188 valence electrons. The zero-order valence-electron chi connectivity index (χ0n) is 21.8. The van der Waals surface area contributed by atoms with Crippen molar-refractivity contribution >= 4 is 12.0 Å². The zero-order chi connectivity index (χ0) is 25.4. The number of amides is 2. The normalized spacial score (nSPS) is 22.5. The third-order valence-electron chi connectivity index (χ3n) is 7.68. The third-order valence-corrected chi connectivity index (χ3v) is 7.68. The molecule has 1 aliphatic carbocycles. The Morgan fingerprint density at radius 1 is 1.06 bits per heavy atom. The van der Waals surface area contributed by atoms with Crippen LogP contribution in [0.1, 0.15) is 63.4 Å². The monoisotopic (exact) mass is 478 g/mol. The molecule has 0 radical (unpaired) electrons. The molecule has 2 heterocycles. The highest BCUT2D eigenvalue weighted by Gasteiger charge is 2.52. The number of ether oxygens (including phenoxy) is 1. The van der Waals surface area contributed by atoms with Gasteiger partial charge in [-0.15, -0.1) is 0 Å². The summed E-state index contributed by atoms with van der Waals surface area (Å²) in [5.41, 5.74) is 8.41. The second-order valence-corrected chi connectivity index (χ2v) is 11.5. The second-order valence-electron chi connectivity index (χ2n) is 11.5. The van der Waals surface area contributed by atoms with Gasteiger partial charge in [0.1, 0.15) is 5.60 Å². The maximum Gasteiger partial charge on any atom is 0.426 e.